The van der Waals surface area contributed by atoms with Crippen molar-refractivity contribution in [2.45, 2.75) is 136 Å². The third-order valence-electron chi connectivity index (χ3n) is 5.86. The Bertz CT molecular complexity index is 548. The van der Waals surface area contributed by atoms with Crippen molar-refractivity contribution in [2.24, 2.45) is 0 Å². The summed E-state index contributed by atoms with van der Waals surface area (Å²) in [5.41, 5.74) is -1.23. The normalized spacial score (nSPS) is 13.0. The van der Waals surface area contributed by atoms with Gasteiger partial charge in [0, 0.05) is 35.8 Å². The molecule has 0 unspecified atom stereocenters. The Labute approximate surface area is 259 Å². The maximum atomic E-state index is 9.36. The van der Waals surface area contributed by atoms with Crippen molar-refractivity contribution in [3.05, 3.63) is 0 Å². The molecule has 42 heavy (non-hydrogen) atoms. The van der Waals surface area contributed by atoms with Crippen LogP contribution in [-0.4, -0.2) is 120 Å². The summed E-state index contributed by atoms with van der Waals surface area (Å²) < 4.78 is 4.65. The predicted octanol–water partition coefficient (Wildman–Crippen LogP) is -0.483. The average molecular weight is 727 g/mol. The largest absolute Gasteiger partial charge is 0.495 e. The first kappa shape index (κ1) is 55.1. The van der Waals surface area contributed by atoms with Crippen LogP contribution in [0.15, 0.2) is 0 Å². The molecule has 0 aromatic carbocycles. The molecule has 15 nitrogen and oxygen atoms in total. The minimum atomic E-state index is -3.92. The Kier molecular flexibility index (Phi) is 29.2. The van der Waals surface area contributed by atoms with Gasteiger partial charge in [-0.15, -0.1) is 0 Å². The van der Waals surface area contributed by atoms with Crippen molar-refractivity contribution in [2.75, 3.05) is 0 Å². The quantitative estimate of drug-likeness (QED) is 0.141. The molecule has 0 saturated heterocycles. The molecule has 0 aliphatic carbocycles. The zero-order valence-corrected chi connectivity index (χ0v) is 34.2. The second-order valence-corrected chi connectivity index (χ2v) is 32.0. The van der Waals surface area contributed by atoms with Crippen molar-refractivity contribution in [1.82, 2.24) is 0 Å². The molecule has 15 N–H and O–H groups in total. The lowest BCUT2D eigenvalue weighted by Crippen LogP contribution is -2.56. The van der Waals surface area contributed by atoms with Crippen LogP contribution < -0.4 is 0 Å². The van der Waals surface area contributed by atoms with Crippen molar-refractivity contribution in [3.63, 3.8) is 0 Å². The molecule has 0 atom stereocenters. The summed E-state index contributed by atoms with van der Waals surface area (Å²) >= 11 is 0. The van der Waals surface area contributed by atoms with E-state index in [4.69, 9.17) is 43.2 Å². The van der Waals surface area contributed by atoms with Gasteiger partial charge in [-0.3, -0.25) is 0 Å². The van der Waals surface area contributed by atoms with Gasteiger partial charge >= 0.3 is 44.0 Å². The highest BCUT2D eigenvalue weighted by molar-refractivity contribution is 6.77. The van der Waals surface area contributed by atoms with Gasteiger partial charge in [0.15, 0.2) is 0 Å². The van der Waals surface area contributed by atoms with E-state index in [0.717, 1.165) is 5.54 Å². The van der Waals surface area contributed by atoms with Crippen LogP contribution in [0.2, 0.25) is 52.9 Å². The van der Waals surface area contributed by atoms with Crippen molar-refractivity contribution in [3.8, 4) is 0 Å². The molecule has 264 valence electrons. The lowest BCUT2D eigenvalue weighted by molar-refractivity contribution is 0.141. The lowest BCUT2D eigenvalue weighted by atomic mass is 10.6. The fourth-order valence-electron chi connectivity index (χ4n) is 0.457. The van der Waals surface area contributed by atoms with Crippen LogP contribution >= 0.6 is 0 Å². The van der Waals surface area contributed by atoms with Crippen LogP contribution in [-0.2, 0) is 4.12 Å². The molecule has 0 fully saturated rings. The minimum absolute atomic E-state index is 0. The molecule has 0 rings (SSSR count). The van der Waals surface area contributed by atoms with E-state index in [-0.39, 0.29) is 5.48 Å². The van der Waals surface area contributed by atoms with E-state index in [1.165, 1.54) is 0 Å². The van der Waals surface area contributed by atoms with E-state index < -0.39 is 79.8 Å². The average Bonchev–Trinajstić information content (AvgIpc) is 2.65. The summed E-state index contributed by atoms with van der Waals surface area (Å²) in [7, 11) is -19.8. The van der Waals surface area contributed by atoms with Crippen LogP contribution in [0.5, 0.6) is 0 Å². The van der Waals surface area contributed by atoms with Crippen LogP contribution in [0, 0.1) is 0 Å². The molecule has 0 amide bonds. The van der Waals surface area contributed by atoms with Gasteiger partial charge in [0.2, 0.25) is 0 Å². The topological polar surface area (TPSA) is 304 Å². The predicted molar refractivity (Wildman–Crippen MR) is 176 cm³/mol. The van der Waals surface area contributed by atoms with Gasteiger partial charge in [0.25, 0.3) is 0 Å². The summed E-state index contributed by atoms with van der Waals surface area (Å²) in [5.74, 6) is 0. The molecular weight excluding hydrogens is 661 g/mol. The fourth-order valence-corrected chi connectivity index (χ4v) is 4.11. The van der Waals surface area contributed by atoms with Crippen molar-refractivity contribution in [1.29, 1.82) is 0 Å². The Morgan fingerprint density at radius 2 is 0.452 bits per heavy atom. The third-order valence-corrected chi connectivity index (χ3v) is 19.4. The molecule has 0 heterocycles. The minimum Gasteiger partial charge on any atom is -0.412 e. The van der Waals surface area contributed by atoms with Gasteiger partial charge in [-0.2, -0.15) is 0 Å². The van der Waals surface area contributed by atoms with Gasteiger partial charge in [-0.25, -0.2) is 0 Å². The Balaban J connectivity index is -0.0000000990. The standard InChI is InChI=1S/C6H18O5Si2.C6H16Si.3C3H10O3Si.H2O/c1-5(2)12(7,8)11-13(9,10)6(3)4;1-6(2)7(3,4)5;3*1-3(2)7(4,5)6;/h5-10H,1-4H3;6H,1-5H3;3*3-6H,1-2H3;1H2. The molecular formula is C21H66O15Si6. The summed E-state index contributed by atoms with van der Waals surface area (Å²) in [5, 5.41) is 0. The van der Waals surface area contributed by atoms with E-state index in [1.807, 2.05) is 0 Å². The van der Waals surface area contributed by atoms with Crippen LogP contribution in [0.3, 0.4) is 0 Å². The van der Waals surface area contributed by atoms with Gasteiger partial charge in [0.1, 0.15) is 0 Å². The maximum absolute atomic E-state index is 9.36. The SMILES string of the molecule is CC(C)[Si](C)(C)C.CC(C)[Si](O)(O)O.CC(C)[Si](O)(O)O.CC(C)[Si](O)(O)O.CC(C)[Si](O)(O)O[Si](O)(O)C(C)C.O. The van der Waals surface area contributed by atoms with Crippen LogP contribution in [0.1, 0.15) is 83.1 Å². The smallest absolute Gasteiger partial charge is 0.412 e. The Morgan fingerprint density at radius 3 is 0.500 bits per heavy atom. The highest BCUT2D eigenvalue weighted by atomic mass is 28.5. The van der Waals surface area contributed by atoms with E-state index in [1.54, 1.807) is 69.2 Å². The first-order chi connectivity index (χ1) is 17.4. The molecule has 0 saturated carbocycles. The molecule has 0 radical (unpaired) electrons. The Hall–Kier alpha value is 0.701. The first-order valence-electron chi connectivity index (χ1n) is 13.5. The van der Waals surface area contributed by atoms with Crippen molar-refractivity contribution >= 4 is 52.1 Å². The highest BCUT2D eigenvalue weighted by Crippen LogP contribution is 2.24. The summed E-state index contributed by atoms with van der Waals surface area (Å²) in [6.45, 7) is 27.5. The van der Waals surface area contributed by atoms with Crippen LogP contribution in [0.25, 0.3) is 0 Å². The van der Waals surface area contributed by atoms with Gasteiger partial charge < -0.3 is 71.9 Å². The van der Waals surface area contributed by atoms with E-state index in [0.29, 0.717) is 0 Å². The molecule has 0 aromatic heterocycles. The van der Waals surface area contributed by atoms with Gasteiger partial charge in [0.05, 0.1) is 0 Å². The van der Waals surface area contributed by atoms with E-state index >= 15 is 0 Å². The number of rotatable bonds is 8. The second-order valence-electron chi connectivity index (χ2n) is 12.8. The summed E-state index contributed by atoms with van der Waals surface area (Å²) in [6, 6.07) is 0. The highest BCUT2D eigenvalue weighted by Gasteiger charge is 2.49. The monoisotopic (exact) mass is 726 g/mol. The van der Waals surface area contributed by atoms with Gasteiger partial charge in [-0.05, 0) is 0 Å². The molecule has 0 aliphatic rings. The molecule has 0 aliphatic heterocycles. The Morgan fingerprint density at radius 1 is 0.333 bits per heavy atom. The molecule has 21 heteroatoms. The van der Waals surface area contributed by atoms with Crippen molar-refractivity contribution < 1.29 is 71.9 Å². The first-order valence-corrected chi connectivity index (χ1v) is 26.6. The lowest BCUT2D eigenvalue weighted by Gasteiger charge is -2.30. The second kappa shape index (κ2) is 22.3. The maximum Gasteiger partial charge on any atom is 0.495 e. The number of hydrogen-bond acceptors (Lipinski definition) is 14. The van der Waals surface area contributed by atoms with Crippen LogP contribution in [0.4, 0.5) is 0 Å². The third kappa shape index (κ3) is 35.2. The number of hydrogen-bond donors (Lipinski definition) is 13. The fraction of sp³-hybridized carbons (Fsp3) is 1.00. The molecule has 0 bridgehead atoms. The van der Waals surface area contributed by atoms with Gasteiger partial charge in [-0.1, -0.05) is 108 Å². The zero-order chi connectivity index (χ0) is 35.2. The summed E-state index contributed by atoms with van der Waals surface area (Å²) in [6.07, 6.45) is 0. The molecule has 0 aromatic rings. The van der Waals surface area contributed by atoms with E-state index in [2.05, 4.69) is 37.6 Å². The zero-order valence-electron chi connectivity index (χ0n) is 28.2. The molecule has 0 spiro atoms. The summed E-state index contributed by atoms with van der Waals surface area (Å²) in [4.78, 5) is 113. The van der Waals surface area contributed by atoms with E-state index in [9.17, 15) is 19.2 Å².